The summed E-state index contributed by atoms with van der Waals surface area (Å²) < 4.78 is 5.09. The molecule has 0 amide bonds. The molecule has 0 aromatic carbocycles. The molecule has 86 valence electrons. The van der Waals surface area contributed by atoms with E-state index in [1.165, 1.54) is 12.8 Å². The average molecular weight is 201 g/mol. The second kappa shape index (κ2) is 7.24. The molecule has 0 aliphatic rings. The van der Waals surface area contributed by atoms with Crippen LogP contribution in [0.15, 0.2) is 0 Å². The van der Waals surface area contributed by atoms with Gasteiger partial charge in [0, 0.05) is 19.8 Å². The average Bonchev–Trinajstić information content (AvgIpc) is 2.17. The highest BCUT2D eigenvalue weighted by Gasteiger charge is 2.26. The smallest absolute Gasteiger partial charge is 0.0462 e. The summed E-state index contributed by atoms with van der Waals surface area (Å²) in [7, 11) is 1.77. The molecule has 0 fully saturated rings. The predicted octanol–water partition coefficient (Wildman–Crippen LogP) is 2.83. The number of rotatable bonds is 8. The Morgan fingerprint density at radius 2 is 1.93 bits per heavy atom. The number of nitrogens with one attached hydrogen (secondary N) is 1. The highest BCUT2D eigenvalue weighted by molar-refractivity contribution is 4.82. The van der Waals surface area contributed by atoms with Crippen LogP contribution in [0.1, 0.15) is 47.0 Å². The van der Waals surface area contributed by atoms with Gasteiger partial charge in [-0.25, -0.2) is 0 Å². The van der Waals surface area contributed by atoms with Crippen LogP contribution >= 0.6 is 0 Å². The first-order chi connectivity index (χ1) is 6.58. The van der Waals surface area contributed by atoms with Crippen molar-refractivity contribution in [1.82, 2.24) is 5.32 Å². The zero-order valence-electron chi connectivity index (χ0n) is 10.5. The summed E-state index contributed by atoms with van der Waals surface area (Å²) in [4.78, 5) is 0. The van der Waals surface area contributed by atoms with Crippen molar-refractivity contribution in [2.75, 3.05) is 20.3 Å². The molecule has 2 nitrogen and oxygen atoms in total. The summed E-state index contributed by atoms with van der Waals surface area (Å²) in [5.41, 5.74) is 0.393. The summed E-state index contributed by atoms with van der Waals surface area (Å²) in [5.74, 6) is 0. The van der Waals surface area contributed by atoms with Crippen LogP contribution in [0.25, 0.3) is 0 Å². The van der Waals surface area contributed by atoms with Crippen molar-refractivity contribution in [3.63, 3.8) is 0 Å². The zero-order valence-corrected chi connectivity index (χ0v) is 10.5. The van der Waals surface area contributed by atoms with E-state index in [9.17, 15) is 0 Å². The second-order valence-electron chi connectivity index (χ2n) is 4.59. The molecule has 0 aromatic rings. The van der Waals surface area contributed by atoms with Gasteiger partial charge in [-0.1, -0.05) is 27.7 Å². The monoisotopic (exact) mass is 201 g/mol. The van der Waals surface area contributed by atoms with Crippen molar-refractivity contribution in [3.05, 3.63) is 0 Å². The van der Waals surface area contributed by atoms with E-state index in [4.69, 9.17) is 4.74 Å². The molecule has 0 saturated carbocycles. The molecular weight excluding hydrogens is 174 g/mol. The van der Waals surface area contributed by atoms with Crippen molar-refractivity contribution in [1.29, 1.82) is 0 Å². The Hall–Kier alpha value is -0.0800. The number of hydrogen-bond donors (Lipinski definition) is 1. The Bertz CT molecular complexity index is 134. The van der Waals surface area contributed by atoms with E-state index in [0.717, 1.165) is 19.6 Å². The van der Waals surface area contributed by atoms with E-state index in [-0.39, 0.29) is 0 Å². The number of hydrogen-bond acceptors (Lipinski definition) is 2. The van der Waals surface area contributed by atoms with Crippen LogP contribution in [0.4, 0.5) is 0 Å². The van der Waals surface area contributed by atoms with Crippen LogP contribution in [-0.2, 0) is 4.74 Å². The fourth-order valence-corrected chi connectivity index (χ4v) is 1.69. The third kappa shape index (κ3) is 4.97. The normalized spacial score (nSPS) is 14.4. The first-order valence-electron chi connectivity index (χ1n) is 5.80. The maximum atomic E-state index is 5.09. The molecule has 1 atom stereocenters. The lowest BCUT2D eigenvalue weighted by Gasteiger charge is -2.34. The third-order valence-electron chi connectivity index (χ3n) is 3.15. The molecule has 0 heterocycles. The van der Waals surface area contributed by atoms with Crippen molar-refractivity contribution in [3.8, 4) is 0 Å². The summed E-state index contributed by atoms with van der Waals surface area (Å²) in [6.07, 6.45) is 3.58. The molecule has 0 saturated heterocycles. The van der Waals surface area contributed by atoms with E-state index in [1.54, 1.807) is 7.11 Å². The van der Waals surface area contributed by atoms with Crippen LogP contribution in [0.5, 0.6) is 0 Å². The maximum Gasteiger partial charge on any atom is 0.0462 e. The van der Waals surface area contributed by atoms with Gasteiger partial charge in [0.15, 0.2) is 0 Å². The molecule has 1 N–H and O–H groups in total. The van der Waals surface area contributed by atoms with E-state index in [2.05, 4.69) is 33.0 Å². The van der Waals surface area contributed by atoms with Gasteiger partial charge in [-0.15, -0.1) is 0 Å². The van der Waals surface area contributed by atoms with Gasteiger partial charge in [0.05, 0.1) is 0 Å². The maximum absolute atomic E-state index is 5.09. The zero-order chi connectivity index (χ0) is 11.0. The molecule has 1 unspecified atom stereocenters. The quantitative estimate of drug-likeness (QED) is 0.610. The highest BCUT2D eigenvalue weighted by Crippen LogP contribution is 2.27. The van der Waals surface area contributed by atoms with Crippen molar-refractivity contribution >= 4 is 0 Å². The molecule has 0 aromatic heterocycles. The standard InChI is InChI=1S/C12H27NO/c1-6-12(3,4)11(13-7-2)9-8-10-14-5/h11,13H,6-10H2,1-5H3. The van der Waals surface area contributed by atoms with Crippen molar-refractivity contribution in [2.24, 2.45) is 5.41 Å². The van der Waals surface area contributed by atoms with Crippen molar-refractivity contribution < 1.29 is 4.74 Å². The fourth-order valence-electron chi connectivity index (χ4n) is 1.69. The molecule has 0 aliphatic heterocycles. The predicted molar refractivity (Wildman–Crippen MR) is 62.6 cm³/mol. The Kier molecular flexibility index (Phi) is 7.20. The van der Waals surface area contributed by atoms with Gasteiger partial charge in [-0.2, -0.15) is 0 Å². The second-order valence-corrected chi connectivity index (χ2v) is 4.59. The summed E-state index contributed by atoms with van der Waals surface area (Å²) >= 11 is 0. The minimum atomic E-state index is 0.393. The number of ether oxygens (including phenoxy) is 1. The Morgan fingerprint density at radius 3 is 2.36 bits per heavy atom. The van der Waals surface area contributed by atoms with Crippen LogP contribution in [0.3, 0.4) is 0 Å². The largest absolute Gasteiger partial charge is 0.385 e. The fraction of sp³-hybridized carbons (Fsp3) is 1.00. The van der Waals surface area contributed by atoms with Crippen LogP contribution < -0.4 is 5.32 Å². The topological polar surface area (TPSA) is 21.3 Å². The molecule has 0 rings (SSSR count). The van der Waals surface area contributed by atoms with Gasteiger partial charge in [0.25, 0.3) is 0 Å². The third-order valence-corrected chi connectivity index (χ3v) is 3.15. The molecule has 0 aliphatic carbocycles. The molecule has 0 bridgehead atoms. The molecular formula is C12H27NO. The van der Waals surface area contributed by atoms with Gasteiger partial charge < -0.3 is 10.1 Å². The van der Waals surface area contributed by atoms with E-state index in [0.29, 0.717) is 11.5 Å². The molecule has 2 heteroatoms. The van der Waals surface area contributed by atoms with E-state index < -0.39 is 0 Å². The van der Waals surface area contributed by atoms with Gasteiger partial charge >= 0.3 is 0 Å². The van der Waals surface area contributed by atoms with Crippen LogP contribution in [0.2, 0.25) is 0 Å². The first kappa shape index (κ1) is 13.9. The Morgan fingerprint density at radius 1 is 1.29 bits per heavy atom. The first-order valence-corrected chi connectivity index (χ1v) is 5.80. The van der Waals surface area contributed by atoms with Crippen LogP contribution in [-0.4, -0.2) is 26.3 Å². The van der Waals surface area contributed by atoms with Gasteiger partial charge in [-0.3, -0.25) is 0 Å². The summed E-state index contributed by atoms with van der Waals surface area (Å²) in [6.45, 7) is 11.1. The SMILES string of the molecule is CCNC(CCCOC)C(C)(C)CC. The van der Waals surface area contributed by atoms with E-state index >= 15 is 0 Å². The molecule has 0 radical (unpaired) electrons. The lowest BCUT2D eigenvalue weighted by Crippen LogP contribution is -2.41. The minimum absolute atomic E-state index is 0.393. The Labute approximate surface area is 89.4 Å². The van der Waals surface area contributed by atoms with Crippen molar-refractivity contribution in [2.45, 2.75) is 53.0 Å². The van der Waals surface area contributed by atoms with Gasteiger partial charge in [-0.05, 0) is 31.2 Å². The lowest BCUT2D eigenvalue weighted by atomic mass is 9.79. The molecule has 14 heavy (non-hydrogen) atoms. The van der Waals surface area contributed by atoms with Gasteiger partial charge in [0.1, 0.15) is 0 Å². The summed E-state index contributed by atoms with van der Waals surface area (Å²) in [6, 6.07) is 0.618. The summed E-state index contributed by atoms with van der Waals surface area (Å²) in [5, 5.41) is 3.58. The minimum Gasteiger partial charge on any atom is -0.385 e. The van der Waals surface area contributed by atoms with Gasteiger partial charge in [0.2, 0.25) is 0 Å². The highest BCUT2D eigenvalue weighted by atomic mass is 16.5. The molecule has 0 spiro atoms. The Balaban J connectivity index is 4.00. The van der Waals surface area contributed by atoms with Crippen LogP contribution in [0, 0.1) is 5.41 Å². The number of methoxy groups -OCH3 is 1. The lowest BCUT2D eigenvalue weighted by molar-refractivity contribution is 0.166. The van der Waals surface area contributed by atoms with E-state index in [1.807, 2.05) is 0 Å².